The number of benzene rings is 3. The van der Waals surface area contributed by atoms with Gasteiger partial charge in [0.1, 0.15) is 12.4 Å². The fourth-order valence-electron chi connectivity index (χ4n) is 4.13. The van der Waals surface area contributed by atoms with Crippen molar-refractivity contribution in [1.82, 2.24) is 4.90 Å². The lowest BCUT2D eigenvalue weighted by atomic mass is 9.96. The highest BCUT2D eigenvalue weighted by molar-refractivity contribution is 5.69. The molecular formula is C28H27NO3. The first kappa shape index (κ1) is 21.7. The van der Waals surface area contributed by atoms with Crippen LogP contribution in [-0.4, -0.2) is 16.0 Å². The average Bonchev–Trinajstić information content (AvgIpc) is 3.19. The summed E-state index contributed by atoms with van der Waals surface area (Å²) in [5.74, 6) is 5.41. The summed E-state index contributed by atoms with van der Waals surface area (Å²) in [7, 11) is 0. The highest BCUT2D eigenvalue weighted by atomic mass is 16.5. The summed E-state index contributed by atoms with van der Waals surface area (Å²) >= 11 is 0. The lowest BCUT2D eigenvalue weighted by Gasteiger charge is -2.14. The van der Waals surface area contributed by atoms with Crippen molar-refractivity contribution in [2.75, 3.05) is 0 Å². The Morgan fingerprint density at radius 1 is 1.00 bits per heavy atom. The van der Waals surface area contributed by atoms with Crippen LogP contribution in [0.3, 0.4) is 0 Å². The Kier molecular flexibility index (Phi) is 6.89. The predicted molar refractivity (Wildman–Crippen MR) is 125 cm³/mol. The fraction of sp³-hybridized carbons (Fsp3) is 0.250. The van der Waals surface area contributed by atoms with E-state index in [4.69, 9.17) is 9.84 Å². The topological polar surface area (TPSA) is 49.8 Å². The highest BCUT2D eigenvalue weighted by Gasteiger charge is 2.19. The number of hydrogen-bond acceptors (Lipinski definition) is 3. The first-order valence-corrected chi connectivity index (χ1v) is 10.8. The van der Waals surface area contributed by atoms with Crippen molar-refractivity contribution in [1.29, 1.82) is 0 Å². The first-order chi connectivity index (χ1) is 15.6. The van der Waals surface area contributed by atoms with Crippen molar-refractivity contribution < 1.29 is 14.6 Å². The third-order valence-electron chi connectivity index (χ3n) is 5.69. The summed E-state index contributed by atoms with van der Waals surface area (Å²) < 4.78 is 5.98. The van der Waals surface area contributed by atoms with Crippen LogP contribution in [-0.2, 0) is 31.0 Å². The quantitative estimate of drug-likeness (QED) is 0.494. The molecule has 0 radical (unpaired) electrons. The molecule has 4 heteroatoms. The molecule has 0 saturated carbocycles. The molecule has 4 nitrogen and oxygen atoms in total. The van der Waals surface area contributed by atoms with Crippen LogP contribution in [0, 0.1) is 11.8 Å². The van der Waals surface area contributed by atoms with Gasteiger partial charge in [0.2, 0.25) is 0 Å². The third-order valence-corrected chi connectivity index (χ3v) is 5.69. The van der Waals surface area contributed by atoms with Crippen LogP contribution in [0.4, 0.5) is 0 Å². The molecule has 3 aromatic carbocycles. The zero-order valence-corrected chi connectivity index (χ0v) is 18.3. The Labute approximate surface area is 189 Å². The Bertz CT molecular complexity index is 1130. The van der Waals surface area contributed by atoms with E-state index in [0.717, 1.165) is 36.5 Å². The zero-order chi connectivity index (χ0) is 22.3. The first-order valence-electron chi connectivity index (χ1n) is 10.8. The molecule has 1 N–H and O–H groups in total. The number of nitrogens with zero attached hydrogens (tertiary/aromatic N) is 1. The van der Waals surface area contributed by atoms with Crippen LogP contribution in [0.1, 0.15) is 47.1 Å². The van der Waals surface area contributed by atoms with Crippen molar-refractivity contribution in [3.63, 3.8) is 0 Å². The van der Waals surface area contributed by atoms with Gasteiger partial charge in [-0.1, -0.05) is 66.6 Å². The Hall–Kier alpha value is -3.55. The van der Waals surface area contributed by atoms with E-state index in [1.807, 2.05) is 24.3 Å². The monoisotopic (exact) mass is 425 g/mol. The number of rotatable bonds is 8. The molecule has 0 fully saturated rings. The molecule has 0 saturated heterocycles. The zero-order valence-electron chi connectivity index (χ0n) is 18.3. The van der Waals surface area contributed by atoms with Gasteiger partial charge in [-0.05, 0) is 46.9 Å². The molecule has 0 amide bonds. The van der Waals surface area contributed by atoms with Crippen LogP contribution in [0.5, 0.6) is 5.75 Å². The van der Waals surface area contributed by atoms with E-state index in [9.17, 15) is 4.79 Å². The van der Waals surface area contributed by atoms with Gasteiger partial charge >= 0.3 is 5.97 Å². The molecule has 32 heavy (non-hydrogen) atoms. The van der Waals surface area contributed by atoms with Gasteiger partial charge in [0.25, 0.3) is 0 Å². The summed E-state index contributed by atoms with van der Waals surface area (Å²) in [6, 6.07) is 24.7. The van der Waals surface area contributed by atoms with Gasteiger partial charge in [0, 0.05) is 19.6 Å². The van der Waals surface area contributed by atoms with Crippen molar-refractivity contribution in [3.05, 3.63) is 101 Å². The fourth-order valence-corrected chi connectivity index (χ4v) is 4.13. The average molecular weight is 426 g/mol. The SMILES string of the molecule is CC#CC(CC(=O)O)c1ccc(OCc2ccc3c(c2)CN(Cc2ccccc2)C3)cc1. The minimum Gasteiger partial charge on any atom is -0.489 e. The number of carbonyl (C=O) groups is 1. The van der Waals surface area contributed by atoms with Crippen LogP contribution in [0.15, 0.2) is 72.8 Å². The maximum Gasteiger partial charge on any atom is 0.304 e. The summed E-state index contributed by atoms with van der Waals surface area (Å²) in [5, 5.41) is 9.10. The molecule has 1 heterocycles. The maximum absolute atomic E-state index is 11.1. The molecule has 1 aliphatic heterocycles. The van der Waals surface area contributed by atoms with Gasteiger partial charge in [-0.25, -0.2) is 0 Å². The molecule has 162 valence electrons. The molecule has 4 rings (SSSR count). The molecule has 0 aliphatic carbocycles. The van der Waals surface area contributed by atoms with Gasteiger partial charge in [-0.2, -0.15) is 0 Å². The molecule has 0 bridgehead atoms. The second-order valence-corrected chi connectivity index (χ2v) is 8.14. The minimum absolute atomic E-state index is 0.00252. The van der Waals surface area contributed by atoms with E-state index in [1.54, 1.807) is 6.92 Å². The second kappa shape index (κ2) is 10.2. The van der Waals surface area contributed by atoms with E-state index in [2.05, 4.69) is 65.3 Å². The van der Waals surface area contributed by atoms with Crippen LogP contribution in [0.25, 0.3) is 0 Å². The summed E-state index contributed by atoms with van der Waals surface area (Å²) in [5.41, 5.74) is 6.13. The maximum atomic E-state index is 11.1. The molecule has 1 aliphatic rings. The molecule has 0 spiro atoms. The molecule has 0 aromatic heterocycles. The number of fused-ring (bicyclic) bond motifs is 1. The highest BCUT2D eigenvalue weighted by Crippen LogP contribution is 2.27. The van der Waals surface area contributed by atoms with Gasteiger partial charge in [-0.3, -0.25) is 9.69 Å². The van der Waals surface area contributed by atoms with Crippen molar-refractivity contribution >= 4 is 5.97 Å². The van der Waals surface area contributed by atoms with Crippen LogP contribution in [0.2, 0.25) is 0 Å². The lowest BCUT2D eigenvalue weighted by molar-refractivity contribution is -0.137. The number of carboxylic acid groups (broad SMARTS) is 1. The molecular weight excluding hydrogens is 398 g/mol. The standard InChI is InChI=1S/C28H27NO3/c1-2-6-24(16-28(30)31)23-11-13-27(14-12-23)32-20-22-9-10-25-18-29(19-26(25)15-22)17-21-7-4-3-5-8-21/h3-5,7-15,24H,16-20H2,1H3,(H,30,31). The summed E-state index contributed by atoms with van der Waals surface area (Å²) in [4.78, 5) is 13.5. The van der Waals surface area contributed by atoms with E-state index < -0.39 is 5.97 Å². The normalized spacial score (nSPS) is 13.7. The number of ether oxygens (including phenoxy) is 1. The third kappa shape index (κ3) is 5.57. The number of aliphatic carboxylic acids is 1. The summed E-state index contributed by atoms with van der Waals surface area (Å²) in [6.45, 7) is 5.11. The van der Waals surface area contributed by atoms with Gasteiger partial charge in [-0.15, -0.1) is 5.92 Å². The van der Waals surface area contributed by atoms with E-state index in [1.165, 1.54) is 16.7 Å². The van der Waals surface area contributed by atoms with Crippen molar-refractivity contribution in [2.24, 2.45) is 0 Å². The Morgan fingerprint density at radius 2 is 1.75 bits per heavy atom. The second-order valence-electron chi connectivity index (χ2n) is 8.14. The van der Waals surface area contributed by atoms with Gasteiger partial charge in [0.15, 0.2) is 0 Å². The van der Waals surface area contributed by atoms with Crippen molar-refractivity contribution in [2.45, 2.75) is 45.5 Å². The summed E-state index contributed by atoms with van der Waals surface area (Å²) in [6.07, 6.45) is -0.00252. The van der Waals surface area contributed by atoms with E-state index in [0.29, 0.717) is 6.61 Å². The molecule has 1 atom stereocenters. The van der Waals surface area contributed by atoms with Gasteiger partial charge in [0.05, 0.1) is 12.3 Å². The van der Waals surface area contributed by atoms with Gasteiger partial charge < -0.3 is 9.84 Å². The largest absolute Gasteiger partial charge is 0.489 e. The predicted octanol–water partition coefficient (Wildman–Crippen LogP) is 5.36. The van der Waals surface area contributed by atoms with Crippen molar-refractivity contribution in [3.8, 4) is 17.6 Å². The van der Waals surface area contributed by atoms with E-state index in [-0.39, 0.29) is 12.3 Å². The Morgan fingerprint density at radius 3 is 2.47 bits per heavy atom. The number of carboxylic acids is 1. The minimum atomic E-state index is -0.850. The van der Waals surface area contributed by atoms with Crippen LogP contribution < -0.4 is 4.74 Å². The van der Waals surface area contributed by atoms with E-state index >= 15 is 0 Å². The Balaban J connectivity index is 1.35. The number of hydrogen-bond donors (Lipinski definition) is 1. The van der Waals surface area contributed by atoms with Crippen LogP contribution >= 0.6 is 0 Å². The molecule has 3 aromatic rings. The smallest absolute Gasteiger partial charge is 0.304 e. The lowest BCUT2D eigenvalue weighted by Crippen LogP contribution is -2.15. The molecule has 1 unspecified atom stereocenters.